The van der Waals surface area contributed by atoms with Gasteiger partial charge in [0.15, 0.2) is 11.6 Å². The first-order chi connectivity index (χ1) is 9.11. The van der Waals surface area contributed by atoms with Gasteiger partial charge in [-0.3, -0.25) is 4.79 Å². The number of piperidine rings is 1. The number of carbonyl (C=O) groups is 1. The normalized spacial score (nSPS) is 19.5. The van der Waals surface area contributed by atoms with Crippen molar-refractivity contribution in [2.45, 2.75) is 12.8 Å². The number of hydrogen-bond acceptors (Lipinski definition) is 2. The Morgan fingerprint density at radius 1 is 1.42 bits per heavy atom. The van der Waals surface area contributed by atoms with Crippen LogP contribution in [0.4, 0.5) is 8.78 Å². The molecule has 0 saturated carbocycles. The first kappa shape index (κ1) is 13.9. The van der Waals surface area contributed by atoms with Crippen LogP contribution in [-0.4, -0.2) is 37.6 Å². The SMILES string of the molecule is COCC1CCCN(C(=O)c2ccc(F)c(F)c2)C1. The summed E-state index contributed by atoms with van der Waals surface area (Å²) in [6, 6.07) is 3.26. The van der Waals surface area contributed by atoms with Crippen molar-refractivity contribution in [3.05, 3.63) is 35.4 Å². The molecule has 0 bridgehead atoms. The zero-order valence-corrected chi connectivity index (χ0v) is 10.9. The fourth-order valence-corrected chi connectivity index (χ4v) is 2.43. The molecule has 1 aromatic carbocycles. The highest BCUT2D eigenvalue weighted by atomic mass is 19.2. The van der Waals surface area contributed by atoms with E-state index in [0.717, 1.165) is 25.0 Å². The van der Waals surface area contributed by atoms with Crippen molar-refractivity contribution in [2.75, 3.05) is 26.8 Å². The topological polar surface area (TPSA) is 29.5 Å². The number of hydrogen-bond donors (Lipinski definition) is 0. The standard InChI is InChI=1S/C14H17F2NO2/c1-19-9-10-3-2-6-17(8-10)14(18)11-4-5-12(15)13(16)7-11/h4-5,7,10H,2-3,6,8-9H2,1H3. The molecule has 1 amide bonds. The van der Waals surface area contributed by atoms with Gasteiger partial charge in [-0.15, -0.1) is 0 Å². The molecular formula is C14H17F2NO2. The Kier molecular flexibility index (Phi) is 4.47. The van der Waals surface area contributed by atoms with Gasteiger partial charge in [-0.05, 0) is 37.0 Å². The second kappa shape index (κ2) is 6.10. The van der Waals surface area contributed by atoms with Crippen molar-refractivity contribution >= 4 is 5.91 Å². The van der Waals surface area contributed by atoms with Gasteiger partial charge in [-0.1, -0.05) is 0 Å². The summed E-state index contributed by atoms with van der Waals surface area (Å²) >= 11 is 0. The highest BCUT2D eigenvalue weighted by Crippen LogP contribution is 2.19. The van der Waals surface area contributed by atoms with E-state index < -0.39 is 11.6 Å². The number of amides is 1. The lowest BCUT2D eigenvalue weighted by Gasteiger charge is -2.32. The van der Waals surface area contributed by atoms with Crippen LogP contribution in [0.25, 0.3) is 0 Å². The zero-order chi connectivity index (χ0) is 13.8. The largest absolute Gasteiger partial charge is 0.384 e. The molecule has 1 atom stereocenters. The minimum atomic E-state index is -0.990. The van der Waals surface area contributed by atoms with Gasteiger partial charge in [0.05, 0.1) is 6.61 Å². The molecule has 3 nitrogen and oxygen atoms in total. The van der Waals surface area contributed by atoms with Crippen LogP contribution in [-0.2, 0) is 4.74 Å². The maximum absolute atomic E-state index is 13.1. The lowest BCUT2D eigenvalue weighted by molar-refractivity contribution is 0.0570. The Morgan fingerprint density at radius 3 is 2.89 bits per heavy atom. The maximum atomic E-state index is 13.1. The van der Waals surface area contributed by atoms with E-state index >= 15 is 0 Å². The first-order valence-electron chi connectivity index (χ1n) is 6.35. The number of carbonyl (C=O) groups excluding carboxylic acids is 1. The van der Waals surface area contributed by atoms with E-state index in [1.807, 2.05) is 0 Å². The summed E-state index contributed by atoms with van der Waals surface area (Å²) in [6.07, 6.45) is 1.93. The monoisotopic (exact) mass is 269 g/mol. The molecule has 0 radical (unpaired) electrons. The van der Waals surface area contributed by atoms with Gasteiger partial charge in [0.2, 0.25) is 0 Å². The van der Waals surface area contributed by atoms with Gasteiger partial charge in [0.1, 0.15) is 0 Å². The van der Waals surface area contributed by atoms with Crippen LogP contribution in [0, 0.1) is 17.6 Å². The summed E-state index contributed by atoms with van der Waals surface area (Å²) in [5.74, 6) is -1.86. The second-order valence-electron chi connectivity index (χ2n) is 4.84. The molecule has 1 saturated heterocycles. The molecule has 19 heavy (non-hydrogen) atoms. The molecule has 0 aliphatic carbocycles. The van der Waals surface area contributed by atoms with Crippen LogP contribution < -0.4 is 0 Å². The molecule has 1 unspecified atom stereocenters. The van der Waals surface area contributed by atoms with E-state index in [0.29, 0.717) is 25.6 Å². The first-order valence-corrected chi connectivity index (χ1v) is 6.35. The number of methoxy groups -OCH3 is 1. The maximum Gasteiger partial charge on any atom is 0.253 e. The van der Waals surface area contributed by atoms with Gasteiger partial charge in [0.25, 0.3) is 5.91 Å². The Labute approximate surface area is 111 Å². The van der Waals surface area contributed by atoms with E-state index in [1.165, 1.54) is 6.07 Å². The number of halogens is 2. The van der Waals surface area contributed by atoms with Crippen LogP contribution in [0.1, 0.15) is 23.2 Å². The number of benzene rings is 1. The average Bonchev–Trinajstić information content (AvgIpc) is 2.42. The van der Waals surface area contributed by atoms with Crippen molar-refractivity contribution < 1.29 is 18.3 Å². The smallest absolute Gasteiger partial charge is 0.253 e. The fraction of sp³-hybridized carbons (Fsp3) is 0.500. The summed E-state index contributed by atoms with van der Waals surface area (Å²) in [4.78, 5) is 13.9. The minimum absolute atomic E-state index is 0.192. The summed E-state index contributed by atoms with van der Waals surface area (Å²) in [5, 5.41) is 0. The van der Waals surface area contributed by atoms with Crippen LogP contribution >= 0.6 is 0 Å². The van der Waals surface area contributed by atoms with Gasteiger partial charge in [0, 0.05) is 25.8 Å². The Hall–Kier alpha value is -1.49. The van der Waals surface area contributed by atoms with Crippen LogP contribution in [0.15, 0.2) is 18.2 Å². The number of likely N-dealkylation sites (tertiary alicyclic amines) is 1. The third kappa shape index (κ3) is 3.29. The van der Waals surface area contributed by atoms with Gasteiger partial charge >= 0.3 is 0 Å². The quantitative estimate of drug-likeness (QED) is 0.843. The van der Waals surface area contributed by atoms with Crippen LogP contribution in [0.3, 0.4) is 0 Å². The lowest BCUT2D eigenvalue weighted by Crippen LogP contribution is -2.41. The van der Waals surface area contributed by atoms with Crippen LogP contribution in [0.2, 0.25) is 0 Å². The highest BCUT2D eigenvalue weighted by molar-refractivity contribution is 5.94. The number of ether oxygens (including phenoxy) is 1. The van der Waals surface area contributed by atoms with E-state index in [2.05, 4.69) is 0 Å². The van der Waals surface area contributed by atoms with Crippen molar-refractivity contribution in [1.29, 1.82) is 0 Å². The molecule has 1 fully saturated rings. The molecule has 0 aromatic heterocycles. The van der Waals surface area contributed by atoms with Crippen molar-refractivity contribution in [3.8, 4) is 0 Å². The van der Waals surface area contributed by atoms with Crippen molar-refractivity contribution in [2.24, 2.45) is 5.92 Å². The molecule has 0 spiro atoms. The van der Waals surface area contributed by atoms with E-state index in [-0.39, 0.29) is 11.5 Å². The number of nitrogens with zero attached hydrogens (tertiary/aromatic N) is 1. The zero-order valence-electron chi connectivity index (χ0n) is 10.9. The highest BCUT2D eigenvalue weighted by Gasteiger charge is 2.24. The Bertz CT molecular complexity index is 463. The Balaban J connectivity index is 2.08. The predicted octanol–water partition coefficient (Wildman–Crippen LogP) is 2.46. The molecule has 1 aliphatic heterocycles. The van der Waals surface area contributed by atoms with Gasteiger partial charge in [-0.2, -0.15) is 0 Å². The Morgan fingerprint density at radius 2 is 2.21 bits per heavy atom. The predicted molar refractivity (Wildman–Crippen MR) is 66.9 cm³/mol. The molecule has 1 aromatic rings. The second-order valence-corrected chi connectivity index (χ2v) is 4.84. The minimum Gasteiger partial charge on any atom is -0.384 e. The van der Waals surface area contributed by atoms with E-state index in [1.54, 1.807) is 12.0 Å². The summed E-state index contributed by atoms with van der Waals surface area (Å²) in [5.41, 5.74) is 0.192. The van der Waals surface area contributed by atoms with Crippen molar-refractivity contribution in [3.63, 3.8) is 0 Å². The van der Waals surface area contributed by atoms with Crippen LogP contribution in [0.5, 0.6) is 0 Å². The molecule has 5 heteroatoms. The molecule has 104 valence electrons. The molecule has 0 N–H and O–H groups in total. The number of rotatable bonds is 3. The van der Waals surface area contributed by atoms with Crippen molar-refractivity contribution in [1.82, 2.24) is 4.90 Å². The molecule has 1 aliphatic rings. The fourth-order valence-electron chi connectivity index (χ4n) is 2.43. The third-order valence-corrected chi connectivity index (χ3v) is 3.38. The molecule has 2 rings (SSSR count). The summed E-state index contributed by atoms with van der Waals surface area (Å²) < 4.78 is 31.1. The molecule has 1 heterocycles. The third-order valence-electron chi connectivity index (χ3n) is 3.38. The van der Waals surface area contributed by atoms with Gasteiger partial charge < -0.3 is 9.64 Å². The summed E-state index contributed by atoms with van der Waals surface area (Å²) in [6.45, 7) is 1.87. The average molecular weight is 269 g/mol. The van der Waals surface area contributed by atoms with E-state index in [9.17, 15) is 13.6 Å². The van der Waals surface area contributed by atoms with E-state index in [4.69, 9.17) is 4.74 Å². The lowest BCUT2D eigenvalue weighted by atomic mass is 9.98. The van der Waals surface area contributed by atoms with Gasteiger partial charge in [-0.25, -0.2) is 8.78 Å². The summed E-state index contributed by atoms with van der Waals surface area (Å²) in [7, 11) is 1.64. The molecular weight excluding hydrogens is 252 g/mol.